The average molecular weight is 192 g/mol. The Bertz CT molecular complexity index is 301. The van der Waals surface area contributed by atoms with E-state index in [-0.39, 0.29) is 0 Å². The molecule has 0 unspecified atom stereocenters. The van der Waals surface area contributed by atoms with E-state index in [1.54, 1.807) is 11.3 Å². The topological polar surface area (TPSA) is 16.1 Å². The molecule has 1 aliphatic rings. The monoisotopic (exact) mass is 192 g/mol. The molecule has 0 amide bonds. The molecule has 2 nitrogen and oxygen atoms in total. The van der Waals surface area contributed by atoms with Gasteiger partial charge in [0.2, 0.25) is 0 Å². The second kappa shape index (κ2) is 4.40. The predicted octanol–water partition coefficient (Wildman–Crippen LogP) is 1.59. The first-order valence-electron chi connectivity index (χ1n) is 4.54. The fourth-order valence-electron chi connectivity index (χ4n) is 1.46. The summed E-state index contributed by atoms with van der Waals surface area (Å²) >= 11 is 1.60. The lowest BCUT2D eigenvalue weighted by Crippen LogP contribution is -2.18. The summed E-state index contributed by atoms with van der Waals surface area (Å²) < 4.78 is 0. The van der Waals surface area contributed by atoms with E-state index in [0.29, 0.717) is 0 Å². The summed E-state index contributed by atoms with van der Waals surface area (Å²) in [5.41, 5.74) is 2.73. The van der Waals surface area contributed by atoms with Crippen LogP contribution in [-0.4, -0.2) is 29.5 Å². The number of hydrogen-bond donors (Lipinski definition) is 0. The van der Waals surface area contributed by atoms with E-state index in [9.17, 15) is 0 Å². The lowest BCUT2D eigenvalue weighted by atomic mass is 10.4. The molecule has 68 valence electrons. The van der Waals surface area contributed by atoms with E-state index in [0.717, 1.165) is 12.2 Å². The highest BCUT2D eigenvalue weighted by Gasteiger charge is 2.08. The molecular formula is C10H12N2S. The number of thiazole rings is 1. The van der Waals surface area contributed by atoms with E-state index in [2.05, 4.69) is 21.7 Å². The highest BCUT2D eigenvalue weighted by Crippen LogP contribution is 2.05. The number of rotatable bonds is 1. The molecule has 3 heteroatoms. The highest BCUT2D eigenvalue weighted by molar-refractivity contribution is 7.07. The SMILES string of the molecule is C(#Cc1cscn1)CN1CCCC1. The van der Waals surface area contributed by atoms with Crippen molar-refractivity contribution in [2.24, 2.45) is 0 Å². The Morgan fingerprint density at radius 1 is 1.46 bits per heavy atom. The largest absolute Gasteiger partial charge is 0.292 e. The summed E-state index contributed by atoms with van der Waals surface area (Å²) in [4.78, 5) is 6.50. The van der Waals surface area contributed by atoms with E-state index >= 15 is 0 Å². The molecule has 0 radical (unpaired) electrons. The third kappa shape index (κ3) is 2.55. The number of nitrogens with zero attached hydrogens (tertiary/aromatic N) is 2. The molecular weight excluding hydrogens is 180 g/mol. The number of aromatic nitrogens is 1. The van der Waals surface area contributed by atoms with Crippen LogP contribution in [0.25, 0.3) is 0 Å². The average Bonchev–Trinajstić information content (AvgIpc) is 2.75. The van der Waals surface area contributed by atoms with Crippen LogP contribution in [0.5, 0.6) is 0 Å². The van der Waals surface area contributed by atoms with Gasteiger partial charge < -0.3 is 0 Å². The van der Waals surface area contributed by atoms with Crippen LogP contribution in [0.4, 0.5) is 0 Å². The van der Waals surface area contributed by atoms with Crippen LogP contribution in [0.3, 0.4) is 0 Å². The van der Waals surface area contributed by atoms with Gasteiger partial charge >= 0.3 is 0 Å². The van der Waals surface area contributed by atoms with Gasteiger partial charge in [-0.3, -0.25) is 4.90 Å². The molecule has 0 saturated carbocycles. The molecule has 2 rings (SSSR count). The minimum Gasteiger partial charge on any atom is -0.292 e. The maximum Gasteiger partial charge on any atom is 0.124 e. The lowest BCUT2D eigenvalue weighted by Gasteiger charge is -2.08. The van der Waals surface area contributed by atoms with Gasteiger partial charge in [0.1, 0.15) is 5.69 Å². The third-order valence-electron chi connectivity index (χ3n) is 2.15. The van der Waals surface area contributed by atoms with Crippen molar-refractivity contribution in [1.29, 1.82) is 0 Å². The normalized spacial score (nSPS) is 16.9. The van der Waals surface area contributed by atoms with Crippen molar-refractivity contribution >= 4 is 11.3 Å². The van der Waals surface area contributed by atoms with Gasteiger partial charge in [-0.25, -0.2) is 4.98 Å². The van der Waals surface area contributed by atoms with Gasteiger partial charge in [0, 0.05) is 5.38 Å². The zero-order valence-corrected chi connectivity index (χ0v) is 8.31. The van der Waals surface area contributed by atoms with Crippen LogP contribution >= 0.6 is 11.3 Å². The molecule has 0 spiro atoms. The fourth-order valence-corrected chi connectivity index (χ4v) is 1.94. The van der Waals surface area contributed by atoms with E-state index < -0.39 is 0 Å². The molecule has 1 fully saturated rings. The molecule has 2 heterocycles. The Balaban J connectivity index is 1.83. The first-order valence-corrected chi connectivity index (χ1v) is 5.49. The molecule has 1 aromatic heterocycles. The van der Waals surface area contributed by atoms with Crippen molar-refractivity contribution in [1.82, 2.24) is 9.88 Å². The maximum absolute atomic E-state index is 4.11. The molecule has 0 bridgehead atoms. The van der Waals surface area contributed by atoms with Crippen LogP contribution in [0.15, 0.2) is 10.9 Å². The van der Waals surface area contributed by atoms with Crippen LogP contribution in [0, 0.1) is 11.8 Å². The smallest absolute Gasteiger partial charge is 0.124 e. The molecule has 0 aromatic carbocycles. The summed E-state index contributed by atoms with van der Waals surface area (Å²) in [6.45, 7) is 3.33. The highest BCUT2D eigenvalue weighted by atomic mass is 32.1. The van der Waals surface area contributed by atoms with Gasteiger partial charge in [0.25, 0.3) is 0 Å². The first-order chi connectivity index (χ1) is 6.45. The zero-order valence-electron chi connectivity index (χ0n) is 7.49. The van der Waals surface area contributed by atoms with Crippen molar-refractivity contribution in [3.63, 3.8) is 0 Å². The molecule has 1 saturated heterocycles. The van der Waals surface area contributed by atoms with Gasteiger partial charge in [-0.15, -0.1) is 11.3 Å². The Morgan fingerprint density at radius 3 is 3.00 bits per heavy atom. The van der Waals surface area contributed by atoms with Crippen LogP contribution < -0.4 is 0 Å². The summed E-state index contributed by atoms with van der Waals surface area (Å²) in [7, 11) is 0. The Hall–Kier alpha value is -0.850. The van der Waals surface area contributed by atoms with Crippen molar-refractivity contribution in [3.05, 3.63) is 16.6 Å². The Morgan fingerprint density at radius 2 is 2.31 bits per heavy atom. The van der Waals surface area contributed by atoms with Crippen molar-refractivity contribution in [2.75, 3.05) is 19.6 Å². The van der Waals surface area contributed by atoms with Gasteiger partial charge in [-0.2, -0.15) is 0 Å². The lowest BCUT2D eigenvalue weighted by molar-refractivity contribution is 0.383. The van der Waals surface area contributed by atoms with E-state index in [1.807, 2.05) is 10.9 Å². The van der Waals surface area contributed by atoms with Crippen molar-refractivity contribution in [3.8, 4) is 11.8 Å². The van der Waals surface area contributed by atoms with Crippen molar-refractivity contribution in [2.45, 2.75) is 12.8 Å². The number of hydrogen-bond acceptors (Lipinski definition) is 3. The predicted molar refractivity (Wildman–Crippen MR) is 54.7 cm³/mol. The molecule has 0 atom stereocenters. The standard InChI is InChI=1S/C10H12N2S/c1-2-6-12(5-1)7-3-4-10-8-13-9-11-10/h8-9H,1-2,5-7H2. The fraction of sp³-hybridized carbons (Fsp3) is 0.500. The zero-order chi connectivity index (χ0) is 8.93. The third-order valence-corrected chi connectivity index (χ3v) is 2.74. The molecule has 0 aliphatic carbocycles. The van der Waals surface area contributed by atoms with Crippen LogP contribution in [0.2, 0.25) is 0 Å². The second-order valence-corrected chi connectivity index (χ2v) is 3.88. The minimum atomic E-state index is 0.900. The molecule has 0 N–H and O–H groups in total. The van der Waals surface area contributed by atoms with Gasteiger partial charge in [-0.05, 0) is 31.9 Å². The molecule has 13 heavy (non-hydrogen) atoms. The molecule has 1 aliphatic heterocycles. The van der Waals surface area contributed by atoms with Gasteiger partial charge in [0.05, 0.1) is 12.1 Å². The quantitative estimate of drug-likeness (QED) is 0.628. The summed E-state index contributed by atoms with van der Waals surface area (Å²) in [6.07, 6.45) is 2.66. The Kier molecular flexibility index (Phi) is 2.96. The first kappa shape index (κ1) is 8.74. The molecule has 1 aromatic rings. The summed E-state index contributed by atoms with van der Waals surface area (Å²) in [6, 6.07) is 0. The van der Waals surface area contributed by atoms with Gasteiger partial charge in [0.15, 0.2) is 0 Å². The Labute approximate surface area is 82.6 Å². The van der Waals surface area contributed by atoms with Crippen LogP contribution in [0.1, 0.15) is 18.5 Å². The minimum absolute atomic E-state index is 0.900. The second-order valence-electron chi connectivity index (χ2n) is 3.16. The van der Waals surface area contributed by atoms with E-state index in [1.165, 1.54) is 25.9 Å². The summed E-state index contributed by atoms with van der Waals surface area (Å²) in [5.74, 6) is 6.21. The maximum atomic E-state index is 4.11. The van der Waals surface area contributed by atoms with Crippen LogP contribution in [-0.2, 0) is 0 Å². The number of likely N-dealkylation sites (tertiary alicyclic amines) is 1. The summed E-state index contributed by atoms with van der Waals surface area (Å²) in [5, 5.41) is 1.98. The van der Waals surface area contributed by atoms with Crippen molar-refractivity contribution < 1.29 is 0 Å². The van der Waals surface area contributed by atoms with Gasteiger partial charge in [-0.1, -0.05) is 5.92 Å². The van der Waals surface area contributed by atoms with E-state index in [4.69, 9.17) is 0 Å².